The summed E-state index contributed by atoms with van der Waals surface area (Å²) in [5, 5.41) is 1.01. The van der Waals surface area contributed by atoms with Crippen molar-refractivity contribution in [3.8, 4) is 23.0 Å². The van der Waals surface area contributed by atoms with Crippen molar-refractivity contribution in [2.45, 2.75) is 36.3 Å². The number of imidazole rings is 1. The lowest BCUT2D eigenvalue weighted by molar-refractivity contribution is -0.121. The summed E-state index contributed by atoms with van der Waals surface area (Å²) in [6.45, 7) is 6.88. The standard InChI is InChI=1S/C30H28N4O3S/c1-30(2)28-20-8-7-9-22(16-20)36-25-12-5-6-13-26(25)37-24-11-4-3-10-23(24)33-15-14-32(19-27(33)35)18-21-17-31-29(38-30)34(21)28/h3-13,16-17,28H,14-15,18-19H2,1-2H3. The second kappa shape index (κ2) is 8.92. The molecule has 5 heterocycles. The van der Waals surface area contributed by atoms with Crippen LogP contribution in [-0.4, -0.2) is 44.7 Å². The summed E-state index contributed by atoms with van der Waals surface area (Å²) >= 11 is 1.79. The summed E-state index contributed by atoms with van der Waals surface area (Å²) in [6, 6.07) is 23.7. The highest BCUT2D eigenvalue weighted by molar-refractivity contribution is 8.00. The number of carbonyl (C=O) groups excluding carboxylic acids is 1. The van der Waals surface area contributed by atoms with Gasteiger partial charge in [-0.3, -0.25) is 9.69 Å². The molecule has 2 unspecified atom stereocenters. The van der Waals surface area contributed by atoms with E-state index in [1.165, 1.54) is 0 Å². The second-order valence-corrected chi connectivity index (χ2v) is 12.1. The van der Waals surface area contributed by atoms with Crippen molar-refractivity contribution in [1.29, 1.82) is 0 Å². The van der Waals surface area contributed by atoms with Gasteiger partial charge in [0.05, 0.1) is 30.2 Å². The molecule has 0 N–H and O–H groups in total. The molecule has 7 nitrogen and oxygen atoms in total. The SMILES string of the molecule is CC1(C)Sc2ncc3n2C1c1cccc(c1)Oc1ccccc1Oc1ccccc1N1CCN(CC1=O)C3. The Balaban J connectivity index is 1.38. The fraction of sp³-hybridized carbons (Fsp3) is 0.267. The molecule has 0 saturated carbocycles. The van der Waals surface area contributed by atoms with E-state index in [9.17, 15) is 4.79 Å². The molecular weight excluding hydrogens is 496 g/mol. The summed E-state index contributed by atoms with van der Waals surface area (Å²) < 4.78 is 15.1. The highest BCUT2D eigenvalue weighted by Crippen LogP contribution is 2.52. The molecule has 3 aromatic carbocycles. The van der Waals surface area contributed by atoms with Gasteiger partial charge in [0.25, 0.3) is 0 Å². The molecule has 4 aromatic rings. The van der Waals surface area contributed by atoms with Gasteiger partial charge in [-0.05, 0) is 55.8 Å². The quantitative estimate of drug-likeness (QED) is 0.277. The fourth-order valence-electron chi connectivity index (χ4n) is 5.72. The van der Waals surface area contributed by atoms with Crippen LogP contribution in [0.1, 0.15) is 31.1 Å². The van der Waals surface area contributed by atoms with E-state index in [2.05, 4.69) is 35.4 Å². The monoisotopic (exact) mass is 524 g/mol. The third-order valence-electron chi connectivity index (χ3n) is 7.42. The van der Waals surface area contributed by atoms with Crippen molar-refractivity contribution < 1.29 is 14.3 Å². The molecule has 1 aromatic heterocycles. The molecule has 4 bridgehead atoms. The molecule has 1 amide bonds. The number of aromatic nitrogens is 2. The number of fused-ring (bicyclic) bond motifs is 2. The molecule has 0 aliphatic carbocycles. The maximum absolute atomic E-state index is 13.4. The van der Waals surface area contributed by atoms with Crippen LogP contribution in [0, 0.1) is 0 Å². The van der Waals surface area contributed by atoms with Gasteiger partial charge in [-0.25, -0.2) is 4.98 Å². The molecule has 2 atom stereocenters. The van der Waals surface area contributed by atoms with Gasteiger partial charge in [-0.1, -0.05) is 48.2 Å². The van der Waals surface area contributed by atoms with Crippen LogP contribution in [0.4, 0.5) is 5.69 Å². The maximum Gasteiger partial charge on any atom is 0.241 e. The Bertz CT molecular complexity index is 1550. The van der Waals surface area contributed by atoms with Gasteiger partial charge in [-0.2, -0.15) is 0 Å². The van der Waals surface area contributed by atoms with Crippen molar-refractivity contribution in [3.63, 3.8) is 0 Å². The van der Waals surface area contributed by atoms with Gasteiger partial charge >= 0.3 is 0 Å². The number of piperazine rings is 1. The predicted octanol–water partition coefficient (Wildman–Crippen LogP) is 6.10. The minimum Gasteiger partial charge on any atom is -0.453 e. The molecule has 0 spiro atoms. The van der Waals surface area contributed by atoms with Crippen LogP contribution in [0.2, 0.25) is 0 Å². The van der Waals surface area contributed by atoms with Gasteiger partial charge in [0.2, 0.25) is 5.91 Å². The van der Waals surface area contributed by atoms with Crippen molar-refractivity contribution in [3.05, 3.63) is 90.3 Å². The Morgan fingerprint density at radius 1 is 0.895 bits per heavy atom. The van der Waals surface area contributed by atoms with Crippen molar-refractivity contribution in [1.82, 2.24) is 14.5 Å². The van der Waals surface area contributed by atoms with Gasteiger partial charge in [0.15, 0.2) is 22.4 Å². The first kappa shape index (κ1) is 23.4. The summed E-state index contributed by atoms with van der Waals surface area (Å²) in [7, 11) is 0. The van der Waals surface area contributed by atoms with E-state index < -0.39 is 0 Å². The number of anilines is 1. The predicted molar refractivity (Wildman–Crippen MR) is 147 cm³/mol. The van der Waals surface area contributed by atoms with Gasteiger partial charge < -0.3 is 18.9 Å². The van der Waals surface area contributed by atoms with E-state index in [-0.39, 0.29) is 16.7 Å². The number of para-hydroxylation sites is 4. The maximum atomic E-state index is 13.4. The first-order valence-electron chi connectivity index (χ1n) is 12.9. The van der Waals surface area contributed by atoms with Crippen LogP contribution in [-0.2, 0) is 11.3 Å². The van der Waals surface area contributed by atoms with E-state index in [1.54, 1.807) is 11.8 Å². The van der Waals surface area contributed by atoms with Gasteiger partial charge in [0, 0.05) is 24.4 Å². The molecule has 192 valence electrons. The second-order valence-electron chi connectivity index (χ2n) is 10.5. The minimum atomic E-state index is -0.100. The van der Waals surface area contributed by atoms with Gasteiger partial charge in [-0.15, -0.1) is 0 Å². The number of hydrogen-bond donors (Lipinski definition) is 0. The Labute approximate surface area is 226 Å². The van der Waals surface area contributed by atoms with E-state index in [4.69, 9.17) is 14.5 Å². The lowest BCUT2D eigenvalue weighted by Crippen LogP contribution is -2.50. The van der Waals surface area contributed by atoms with E-state index in [1.807, 2.05) is 71.8 Å². The number of ether oxygens (including phenoxy) is 2. The number of rotatable bonds is 0. The number of nitrogens with zero attached hydrogens (tertiary/aromatic N) is 4. The average Bonchev–Trinajstić information content (AvgIpc) is 3.39. The lowest BCUT2D eigenvalue weighted by Gasteiger charge is -2.35. The van der Waals surface area contributed by atoms with Crippen LogP contribution < -0.4 is 14.4 Å². The number of amides is 1. The lowest BCUT2D eigenvalue weighted by atomic mass is 9.94. The molecule has 4 aliphatic rings. The summed E-state index contributed by atoms with van der Waals surface area (Å²) in [6.07, 6.45) is 1.97. The van der Waals surface area contributed by atoms with E-state index in [0.717, 1.165) is 34.4 Å². The molecule has 0 radical (unpaired) electrons. The molecule has 8 heteroatoms. The van der Waals surface area contributed by atoms with E-state index >= 15 is 0 Å². The van der Waals surface area contributed by atoms with Crippen LogP contribution in [0.3, 0.4) is 0 Å². The third kappa shape index (κ3) is 3.95. The average molecular weight is 525 g/mol. The first-order chi connectivity index (χ1) is 18.5. The van der Waals surface area contributed by atoms with Crippen molar-refractivity contribution >= 4 is 23.4 Å². The van der Waals surface area contributed by atoms with Crippen LogP contribution in [0.15, 0.2) is 84.1 Å². The minimum absolute atomic E-state index is 0.0558. The van der Waals surface area contributed by atoms with Crippen LogP contribution in [0.25, 0.3) is 0 Å². The smallest absolute Gasteiger partial charge is 0.241 e. The third-order valence-corrected chi connectivity index (χ3v) is 8.66. The summed E-state index contributed by atoms with van der Waals surface area (Å²) in [4.78, 5) is 22.3. The Morgan fingerprint density at radius 3 is 2.47 bits per heavy atom. The zero-order chi connectivity index (χ0) is 25.9. The zero-order valence-electron chi connectivity index (χ0n) is 21.3. The number of hydrogen-bond acceptors (Lipinski definition) is 6. The van der Waals surface area contributed by atoms with Crippen molar-refractivity contribution in [2.75, 3.05) is 24.5 Å². The molecule has 38 heavy (non-hydrogen) atoms. The van der Waals surface area contributed by atoms with Gasteiger partial charge in [0.1, 0.15) is 5.75 Å². The fourth-order valence-corrected chi connectivity index (χ4v) is 6.97. The summed E-state index contributed by atoms with van der Waals surface area (Å²) in [5.74, 6) is 2.63. The first-order valence-corrected chi connectivity index (χ1v) is 13.7. The number of thioether (sulfide) groups is 1. The van der Waals surface area contributed by atoms with Crippen LogP contribution in [0.5, 0.6) is 23.0 Å². The molecule has 1 saturated heterocycles. The van der Waals surface area contributed by atoms with Crippen LogP contribution >= 0.6 is 11.8 Å². The highest BCUT2D eigenvalue weighted by atomic mass is 32.2. The zero-order valence-corrected chi connectivity index (χ0v) is 22.1. The molecule has 4 aliphatic heterocycles. The largest absolute Gasteiger partial charge is 0.453 e. The number of benzene rings is 3. The Morgan fingerprint density at radius 2 is 1.66 bits per heavy atom. The number of carbonyl (C=O) groups is 1. The summed E-state index contributed by atoms with van der Waals surface area (Å²) in [5.41, 5.74) is 3.04. The van der Waals surface area contributed by atoms with E-state index in [0.29, 0.717) is 36.9 Å². The molecule has 8 rings (SSSR count). The van der Waals surface area contributed by atoms with Crippen molar-refractivity contribution in [2.24, 2.45) is 0 Å². The molecule has 1 fully saturated rings. The Kier molecular flexibility index (Phi) is 5.49. The highest BCUT2D eigenvalue weighted by Gasteiger charge is 2.43. The Hall–Kier alpha value is -3.75. The normalized spacial score (nSPS) is 21.5. The topological polar surface area (TPSA) is 59.8 Å². The molecular formula is C30H28N4O3S.